The molecule has 1 saturated carbocycles. The number of benzene rings is 3. The van der Waals surface area contributed by atoms with Crippen LogP contribution in [0.3, 0.4) is 0 Å². The number of carbonyl (C=O) groups is 1. The molecular formula is C38H41N3O10S. The van der Waals surface area contributed by atoms with Gasteiger partial charge in [-0.15, -0.1) is 11.8 Å². The van der Waals surface area contributed by atoms with Crippen molar-refractivity contribution in [3.63, 3.8) is 0 Å². The molecule has 4 bridgehead atoms. The first-order valence-electron chi connectivity index (χ1n) is 17.7. The number of Topliss-reactive ketones (excluding diaryl/α,β-unsaturated/α-hetero) is 1. The molecule has 13 nitrogen and oxygen atoms in total. The van der Waals surface area contributed by atoms with Crippen molar-refractivity contribution in [3.05, 3.63) is 62.7 Å². The Balaban J connectivity index is 1.17. The van der Waals surface area contributed by atoms with E-state index in [1.807, 2.05) is 20.0 Å². The molecule has 1 aliphatic carbocycles. The molecule has 7 heterocycles. The van der Waals surface area contributed by atoms with E-state index in [4.69, 9.17) is 23.7 Å². The zero-order valence-corrected chi connectivity index (χ0v) is 30.3. The van der Waals surface area contributed by atoms with Crippen LogP contribution in [0.15, 0.2) is 18.2 Å². The number of fused-ring (bicyclic) bond motifs is 8. The van der Waals surface area contributed by atoms with Crippen molar-refractivity contribution >= 4 is 17.5 Å². The Kier molecular flexibility index (Phi) is 6.81. The maximum Gasteiger partial charge on any atom is 0.231 e. The van der Waals surface area contributed by atoms with Gasteiger partial charge in [-0.2, -0.15) is 0 Å². The summed E-state index contributed by atoms with van der Waals surface area (Å²) in [5, 5.41) is 49.9. The van der Waals surface area contributed by atoms with E-state index in [-0.39, 0.29) is 48.2 Å². The van der Waals surface area contributed by atoms with Crippen LogP contribution in [-0.2, 0) is 27.9 Å². The van der Waals surface area contributed by atoms with E-state index >= 15 is 4.79 Å². The fourth-order valence-electron chi connectivity index (χ4n) is 10.6. The molecule has 5 N–H and O–H groups in total. The van der Waals surface area contributed by atoms with Crippen LogP contribution in [0.25, 0.3) is 0 Å². The number of aromatic hydroxyl groups is 3. The Morgan fingerprint density at radius 2 is 1.79 bits per heavy atom. The topological polar surface area (TPSA) is 163 Å². The quantitative estimate of drug-likeness (QED) is 0.261. The maximum atomic E-state index is 15.1. The van der Waals surface area contributed by atoms with E-state index in [9.17, 15) is 20.4 Å². The molecule has 3 aromatic carbocycles. The zero-order chi connectivity index (χ0) is 36.2. The standard InChI is InChI=1S/C38H41N3O10S/c1-15-8-18-9-20-35(45)41-21-12-51-38(13-37(36(38)46)19-11-23(47-4)22(42)10-17(19)6-7-39-37)52-34(26-25(21)33-32(49-14-50-33)16(2)29(26)43)28(41)27(40(20)3)24(18)30(44)31(15)48-5/h8,10-11,20-21,27-28,34-35,39,42-45H,6-7,9,12-14H2,1-5H3/t20?,21?,27?,28?,34?,35?,37-,38?/m1/s1. The summed E-state index contributed by atoms with van der Waals surface area (Å²) in [6, 6.07) is 3.52. The molecule has 3 fully saturated rings. The lowest BCUT2D eigenvalue weighted by molar-refractivity contribution is -0.197. The van der Waals surface area contributed by atoms with Gasteiger partial charge in [0.25, 0.3) is 0 Å². The number of hydrogen-bond acceptors (Lipinski definition) is 14. The van der Waals surface area contributed by atoms with Crippen molar-refractivity contribution in [1.29, 1.82) is 0 Å². The van der Waals surface area contributed by atoms with Crippen molar-refractivity contribution in [1.82, 2.24) is 15.1 Å². The van der Waals surface area contributed by atoms with E-state index in [2.05, 4.69) is 15.1 Å². The van der Waals surface area contributed by atoms with Gasteiger partial charge in [0, 0.05) is 41.3 Å². The van der Waals surface area contributed by atoms with Gasteiger partial charge >= 0.3 is 0 Å². The molecule has 7 unspecified atom stereocenters. The summed E-state index contributed by atoms with van der Waals surface area (Å²) in [4.78, 5) is 18.0. The minimum absolute atomic E-state index is 0.00709. The van der Waals surface area contributed by atoms with Gasteiger partial charge in [0.15, 0.2) is 45.2 Å². The van der Waals surface area contributed by atoms with Crippen LogP contribution in [-0.4, -0.2) is 100 Å². The second-order valence-electron chi connectivity index (χ2n) is 15.1. The Morgan fingerprint density at radius 1 is 1.00 bits per heavy atom. The van der Waals surface area contributed by atoms with Crippen molar-refractivity contribution < 1.29 is 48.9 Å². The number of nitrogens with one attached hydrogen (secondary N) is 1. The first-order chi connectivity index (χ1) is 25.0. The molecule has 52 heavy (non-hydrogen) atoms. The second-order valence-corrected chi connectivity index (χ2v) is 16.5. The highest BCUT2D eigenvalue weighted by atomic mass is 32.2. The van der Waals surface area contributed by atoms with Crippen LogP contribution in [0.4, 0.5) is 0 Å². The number of aryl methyl sites for hydroxylation is 1. The average molecular weight is 732 g/mol. The highest BCUT2D eigenvalue weighted by Crippen LogP contribution is 2.69. The summed E-state index contributed by atoms with van der Waals surface area (Å²) >= 11 is 1.35. The molecule has 11 rings (SSSR count). The summed E-state index contributed by atoms with van der Waals surface area (Å²) in [6.45, 7) is 4.25. The van der Waals surface area contributed by atoms with E-state index < -0.39 is 40.1 Å². The number of nitrogens with zero attached hydrogens (tertiary/aromatic N) is 2. The number of thioether (sulfide) groups is 1. The molecule has 8 atom stereocenters. The van der Waals surface area contributed by atoms with Gasteiger partial charge < -0.3 is 49.4 Å². The van der Waals surface area contributed by atoms with Gasteiger partial charge in [-0.1, -0.05) is 6.07 Å². The lowest BCUT2D eigenvalue weighted by Gasteiger charge is -2.65. The lowest BCUT2D eigenvalue weighted by Crippen LogP contribution is -2.75. The molecule has 2 saturated heterocycles. The molecule has 0 aromatic heterocycles. The predicted octanol–water partition coefficient (Wildman–Crippen LogP) is 3.34. The normalized spacial score (nSPS) is 33.8. The van der Waals surface area contributed by atoms with Crippen LogP contribution in [0, 0.1) is 13.8 Å². The van der Waals surface area contributed by atoms with Gasteiger partial charge in [-0.25, -0.2) is 0 Å². The van der Waals surface area contributed by atoms with Crippen LogP contribution in [0.5, 0.6) is 40.2 Å². The summed E-state index contributed by atoms with van der Waals surface area (Å²) < 4.78 is 30.0. The van der Waals surface area contributed by atoms with Crippen LogP contribution >= 0.6 is 11.8 Å². The van der Waals surface area contributed by atoms with Crippen LogP contribution in [0.2, 0.25) is 0 Å². The Labute approximate surface area is 304 Å². The highest BCUT2D eigenvalue weighted by molar-refractivity contribution is 8.01. The van der Waals surface area contributed by atoms with E-state index in [0.717, 1.165) is 27.8 Å². The van der Waals surface area contributed by atoms with Crippen LogP contribution in [0.1, 0.15) is 68.3 Å². The number of aliphatic hydroxyl groups excluding tert-OH is 1. The largest absolute Gasteiger partial charge is 0.507 e. The van der Waals surface area contributed by atoms with Crippen molar-refractivity contribution in [2.75, 3.05) is 41.2 Å². The zero-order valence-electron chi connectivity index (χ0n) is 29.5. The van der Waals surface area contributed by atoms with Crippen molar-refractivity contribution in [2.24, 2.45) is 0 Å². The molecular weight excluding hydrogens is 690 g/mol. The minimum Gasteiger partial charge on any atom is -0.507 e. The van der Waals surface area contributed by atoms with E-state index in [1.54, 1.807) is 26.2 Å². The molecule has 0 radical (unpaired) electrons. The third kappa shape index (κ3) is 3.84. The number of ether oxygens (including phenoxy) is 5. The molecule has 14 heteroatoms. The Bertz CT molecular complexity index is 2110. The Hall–Kier alpha value is -3.92. The molecule has 2 spiro atoms. The fraction of sp³-hybridized carbons (Fsp3) is 0.500. The lowest BCUT2D eigenvalue weighted by atomic mass is 9.64. The number of likely N-dealkylation sites (N-methyl/N-ethyl adjacent to an activating group) is 1. The van der Waals surface area contributed by atoms with Gasteiger partial charge in [0.2, 0.25) is 6.79 Å². The monoisotopic (exact) mass is 731 g/mol. The number of carbonyl (C=O) groups excluding carboxylic acids is 1. The van der Waals surface area contributed by atoms with E-state index in [1.165, 1.54) is 18.9 Å². The summed E-state index contributed by atoms with van der Waals surface area (Å²) in [6.07, 6.45) is 0.465. The van der Waals surface area contributed by atoms with Crippen molar-refractivity contribution in [3.8, 4) is 40.2 Å². The number of piperazine rings is 1. The third-order valence-corrected chi connectivity index (χ3v) is 14.5. The summed E-state index contributed by atoms with van der Waals surface area (Å²) in [5.74, 6) is 1.65. The molecule has 8 aliphatic rings. The SMILES string of the molecule is COc1cc2c(cc1O)CCN[C@]21CC2(OCC3c4c5c(c(C)c(O)c4C(S2)C2C4c6c(cc(C)c(OC)c6O)CC(C(O)N32)N4C)OCO5)C1=O. The average Bonchev–Trinajstić information content (AvgIpc) is 3.61. The molecule has 274 valence electrons. The number of hydrogen-bond donors (Lipinski definition) is 5. The number of methoxy groups -OCH3 is 2. The second kappa shape index (κ2) is 10.8. The highest BCUT2D eigenvalue weighted by Gasteiger charge is 2.71. The van der Waals surface area contributed by atoms with Gasteiger partial charge in [0.05, 0.1) is 44.2 Å². The Morgan fingerprint density at radius 3 is 2.54 bits per heavy atom. The fourth-order valence-corrected chi connectivity index (χ4v) is 12.5. The smallest absolute Gasteiger partial charge is 0.231 e. The number of rotatable bonds is 2. The molecule has 7 aliphatic heterocycles. The summed E-state index contributed by atoms with van der Waals surface area (Å²) in [7, 11) is 5.00. The van der Waals surface area contributed by atoms with Gasteiger partial charge in [-0.05, 0) is 68.1 Å². The predicted molar refractivity (Wildman–Crippen MR) is 187 cm³/mol. The number of aliphatic hydroxyl groups is 1. The first-order valence-corrected chi connectivity index (χ1v) is 18.6. The van der Waals surface area contributed by atoms with Crippen molar-refractivity contribution in [2.45, 2.75) is 79.2 Å². The van der Waals surface area contributed by atoms with Gasteiger partial charge in [0.1, 0.15) is 17.5 Å². The van der Waals surface area contributed by atoms with Crippen LogP contribution < -0.4 is 24.3 Å². The number of ketones is 1. The first kappa shape index (κ1) is 32.7. The minimum atomic E-state index is -1.32. The van der Waals surface area contributed by atoms with Gasteiger partial charge in [-0.3, -0.25) is 14.6 Å². The molecule has 3 aromatic rings. The number of phenolic OH excluding ortho intramolecular Hbond substituents is 3. The number of phenols is 3. The molecule has 0 amide bonds. The maximum absolute atomic E-state index is 15.1. The summed E-state index contributed by atoms with van der Waals surface area (Å²) in [5.41, 5.74) is 4.87. The third-order valence-electron chi connectivity index (χ3n) is 12.9. The van der Waals surface area contributed by atoms with E-state index in [0.29, 0.717) is 59.7 Å².